The van der Waals surface area contributed by atoms with Crippen LogP contribution in [0.1, 0.15) is 13.3 Å². The smallest absolute Gasteiger partial charge is 0.236 e. The lowest BCUT2D eigenvalue weighted by atomic mass is 10.2. The van der Waals surface area contributed by atoms with Gasteiger partial charge in [-0.3, -0.25) is 4.79 Å². The Hall–Kier alpha value is -1.12. The molecule has 1 aliphatic rings. The number of carbonyl (C=O) groups is 1. The quantitative estimate of drug-likeness (QED) is 0.666. The Labute approximate surface area is 89.6 Å². The van der Waals surface area contributed by atoms with Gasteiger partial charge in [-0.15, -0.1) is 0 Å². The first-order valence-electron chi connectivity index (χ1n) is 5.02. The second-order valence-electron chi connectivity index (χ2n) is 3.40. The van der Waals surface area contributed by atoms with E-state index in [1.807, 2.05) is 13.0 Å². The molecule has 1 fully saturated rings. The van der Waals surface area contributed by atoms with Crippen LogP contribution in [0.3, 0.4) is 0 Å². The molecule has 84 valence electrons. The highest BCUT2D eigenvalue weighted by molar-refractivity contribution is 5.78. The standard InChI is InChI=1S/C10H16N2O3/c1-3-15-9-7-12(6-8(9)14-2)10(13)4-5-11/h8-9H,3-4,6-7H2,1-2H3/t8-,9-/m0/s1. The van der Waals surface area contributed by atoms with Crippen LogP contribution in [-0.4, -0.2) is 49.8 Å². The molecule has 0 aromatic rings. The van der Waals surface area contributed by atoms with Crippen LogP contribution >= 0.6 is 0 Å². The minimum Gasteiger partial charge on any atom is -0.377 e. The topological polar surface area (TPSA) is 62.6 Å². The molecule has 0 spiro atoms. The third-order valence-corrected chi connectivity index (χ3v) is 2.48. The van der Waals surface area contributed by atoms with E-state index in [4.69, 9.17) is 14.7 Å². The Morgan fingerprint density at radius 1 is 1.53 bits per heavy atom. The molecule has 0 aromatic heterocycles. The molecular formula is C10H16N2O3. The molecule has 0 unspecified atom stereocenters. The van der Waals surface area contributed by atoms with E-state index in [0.717, 1.165) is 0 Å². The summed E-state index contributed by atoms with van der Waals surface area (Å²) in [5.41, 5.74) is 0. The van der Waals surface area contributed by atoms with E-state index >= 15 is 0 Å². The van der Waals surface area contributed by atoms with Crippen molar-refractivity contribution in [1.29, 1.82) is 5.26 Å². The summed E-state index contributed by atoms with van der Waals surface area (Å²) in [4.78, 5) is 13.1. The van der Waals surface area contributed by atoms with Crippen molar-refractivity contribution in [3.8, 4) is 6.07 Å². The average Bonchev–Trinajstić information content (AvgIpc) is 2.62. The Morgan fingerprint density at radius 2 is 2.20 bits per heavy atom. The number of likely N-dealkylation sites (tertiary alicyclic amines) is 1. The zero-order valence-corrected chi connectivity index (χ0v) is 9.10. The molecule has 0 saturated carbocycles. The maximum absolute atomic E-state index is 11.4. The number of hydrogen-bond acceptors (Lipinski definition) is 4. The van der Waals surface area contributed by atoms with Gasteiger partial charge in [-0.2, -0.15) is 5.26 Å². The molecule has 0 aliphatic carbocycles. The van der Waals surface area contributed by atoms with Crippen molar-refractivity contribution in [3.05, 3.63) is 0 Å². The fraction of sp³-hybridized carbons (Fsp3) is 0.800. The number of methoxy groups -OCH3 is 1. The van der Waals surface area contributed by atoms with Crippen molar-refractivity contribution in [2.45, 2.75) is 25.6 Å². The van der Waals surface area contributed by atoms with Crippen LogP contribution in [0, 0.1) is 11.3 Å². The number of nitriles is 1. The van der Waals surface area contributed by atoms with Gasteiger partial charge in [-0.25, -0.2) is 0 Å². The van der Waals surface area contributed by atoms with Crippen molar-refractivity contribution in [2.24, 2.45) is 0 Å². The Morgan fingerprint density at radius 3 is 2.73 bits per heavy atom. The Kier molecular flexibility index (Phi) is 4.53. The molecule has 0 N–H and O–H groups in total. The van der Waals surface area contributed by atoms with Gasteiger partial charge in [0.05, 0.1) is 6.07 Å². The van der Waals surface area contributed by atoms with Crippen molar-refractivity contribution in [2.75, 3.05) is 26.8 Å². The number of nitrogens with zero attached hydrogens (tertiary/aromatic N) is 2. The number of carbonyl (C=O) groups excluding carboxylic acids is 1. The normalized spacial score (nSPS) is 25.3. The van der Waals surface area contributed by atoms with Crippen LogP contribution in [0.4, 0.5) is 0 Å². The second kappa shape index (κ2) is 5.69. The molecule has 1 amide bonds. The van der Waals surface area contributed by atoms with E-state index < -0.39 is 0 Å². The lowest BCUT2D eigenvalue weighted by Gasteiger charge is -2.15. The molecule has 5 heteroatoms. The molecule has 0 radical (unpaired) electrons. The van der Waals surface area contributed by atoms with Gasteiger partial charge >= 0.3 is 0 Å². The van der Waals surface area contributed by atoms with Gasteiger partial charge in [0.15, 0.2) is 0 Å². The van der Waals surface area contributed by atoms with Crippen LogP contribution in [0.25, 0.3) is 0 Å². The van der Waals surface area contributed by atoms with Crippen molar-refractivity contribution in [3.63, 3.8) is 0 Å². The summed E-state index contributed by atoms with van der Waals surface area (Å²) in [6.45, 7) is 3.55. The lowest BCUT2D eigenvalue weighted by molar-refractivity contribution is -0.129. The molecule has 1 rings (SSSR count). The summed E-state index contributed by atoms with van der Waals surface area (Å²) in [6.07, 6.45) is -0.217. The van der Waals surface area contributed by atoms with Gasteiger partial charge in [0.2, 0.25) is 5.91 Å². The third-order valence-electron chi connectivity index (χ3n) is 2.48. The zero-order valence-electron chi connectivity index (χ0n) is 9.10. The molecule has 0 aromatic carbocycles. The number of ether oxygens (including phenoxy) is 2. The Bertz CT molecular complexity index is 262. The lowest BCUT2D eigenvalue weighted by Crippen LogP contribution is -2.29. The SMILES string of the molecule is CCO[C@H]1CN(C(=O)CC#N)C[C@@H]1OC. The largest absolute Gasteiger partial charge is 0.377 e. The minimum absolute atomic E-state index is 0.0670. The molecule has 1 heterocycles. The van der Waals surface area contributed by atoms with Crippen molar-refractivity contribution < 1.29 is 14.3 Å². The van der Waals surface area contributed by atoms with Crippen LogP contribution in [0.15, 0.2) is 0 Å². The van der Waals surface area contributed by atoms with Gasteiger partial charge in [0, 0.05) is 26.8 Å². The summed E-state index contributed by atoms with van der Waals surface area (Å²) in [6, 6.07) is 1.85. The predicted molar refractivity (Wildman–Crippen MR) is 53.0 cm³/mol. The molecule has 5 nitrogen and oxygen atoms in total. The highest BCUT2D eigenvalue weighted by Crippen LogP contribution is 2.16. The fourth-order valence-electron chi connectivity index (χ4n) is 1.73. The van der Waals surface area contributed by atoms with E-state index in [9.17, 15) is 4.79 Å². The Balaban J connectivity index is 2.52. The summed E-state index contributed by atoms with van der Waals surface area (Å²) in [5.74, 6) is -0.151. The molecule has 1 saturated heterocycles. The summed E-state index contributed by atoms with van der Waals surface area (Å²) < 4.78 is 10.7. The van der Waals surface area contributed by atoms with Gasteiger partial charge in [-0.1, -0.05) is 0 Å². The molecule has 2 atom stereocenters. The molecule has 0 bridgehead atoms. The molecule has 15 heavy (non-hydrogen) atoms. The van der Waals surface area contributed by atoms with E-state index in [-0.39, 0.29) is 24.5 Å². The summed E-state index contributed by atoms with van der Waals surface area (Å²) in [5, 5.41) is 8.43. The maximum Gasteiger partial charge on any atom is 0.236 e. The van der Waals surface area contributed by atoms with Gasteiger partial charge in [0.1, 0.15) is 18.6 Å². The van der Waals surface area contributed by atoms with Crippen LogP contribution < -0.4 is 0 Å². The first-order valence-corrected chi connectivity index (χ1v) is 5.02. The van der Waals surface area contributed by atoms with Crippen molar-refractivity contribution >= 4 is 5.91 Å². The van der Waals surface area contributed by atoms with E-state index in [1.165, 1.54) is 0 Å². The minimum atomic E-state index is -0.151. The molecule has 1 aliphatic heterocycles. The monoisotopic (exact) mass is 212 g/mol. The third kappa shape index (κ3) is 2.91. The zero-order chi connectivity index (χ0) is 11.3. The summed E-state index contributed by atoms with van der Waals surface area (Å²) in [7, 11) is 1.61. The van der Waals surface area contributed by atoms with Crippen LogP contribution in [0.2, 0.25) is 0 Å². The van der Waals surface area contributed by atoms with Gasteiger partial charge in [-0.05, 0) is 6.92 Å². The highest BCUT2D eigenvalue weighted by atomic mass is 16.5. The van der Waals surface area contributed by atoms with Gasteiger partial charge in [0.25, 0.3) is 0 Å². The van der Waals surface area contributed by atoms with Gasteiger partial charge < -0.3 is 14.4 Å². The van der Waals surface area contributed by atoms with Crippen molar-refractivity contribution in [1.82, 2.24) is 4.90 Å². The highest BCUT2D eigenvalue weighted by Gasteiger charge is 2.35. The van der Waals surface area contributed by atoms with Crippen LogP contribution in [0.5, 0.6) is 0 Å². The predicted octanol–water partition coefficient (Wildman–Crippen LogP) is 0.162. The van der Waals surface area contributed by atoms with E-state index in [2.05, 4.69) is 0 Å². The maximum atomic E-state index is 11.4. The first kappa shape index (κ1) is 12.0. The number of hydrogen-bond donors (Lipinski definition) is 0. The van der Waals surface area contributed by atoms with E-state index in [0.29, 0.717) is 19.7 Å². The molecular weight excluding hydrogens is 196 g/mol. The number of rotatable bonds is 4. The number of amides is 1. The summed E-state index contributed by atoms with van der Waals surface area (Å²) >= 11 is 0. The average molecular weight is 212 g/mol. The van der Waals surface area contributed by atoms with E-state index in [1.54, 1.807) is 12.0 Å². The van der Waals surface area contributed by atoms with Crippen LogP contribution in [-0.2, 0) is 14.3 Å². The second-order valence-corrected chi connectivity index (χ2v) is 3.40. The fourth-order valence-corrected chi connectivity index (χ4v) is 1.73. The first-order chi connectivity index (χ1) is 7.22.